The molecule has 0 fully saturated rings. The first-order valence-corrected chi connectivity index (χ1v) is 7.73. The van der Waals surface area contributed by atoms with Gasteiger partial charge in [0.2, 0.25) is 5.91 Å². The topological polar surface area (TPSA) is 92.9 Å². The molecule has 0 atom stereocenters. The molecule has 26 heavy (non-hydrogen) atoms. The molecular weight excluding hydrogens is 336 g/mol. The monoisotopic (exact) mass is 354 g/mol. The lowest BCUT2D eigenvalue weighted by Gasteiger charge is -2.14. The Morgan fingerprint density at radius 3 is 2.15 bits per heavy atom. The molecule has 0 aliphatic rings. The van der Waals surface area contributed by atoms with Crippen LogP contribution >= 0.6 is 0 Å². The summed E-state index contributed by atoms with van der Waals surface area (Å²) in [6.45, 7) is 0. The molecule has 0 saturated carbocycles. The van der Waals surface area contributed by atoms with Crippen LogP contribution in [0.3, 0.4) is 0 Å². The number of nitrogens with zero attached hydrogens (tertiary/aromatic N) is 1. The van der Waals surface area contributed by atoms with Crippen LogP contribution in [0.2, 0.25) is 0 Å². The zero-order valence-electron chi connectivity index (χ0n) is 14.6. The zero-order chi connectivity index (χ0) is 18.7. The van der Waals surface area contributed by atoms with Crippen molar-refractivity contribution in [3.8, 4) is 28.7 Å². The van der Waals surface area contributed by atoms with Crippen LogP contribution in [0.25, 0.3) is 10.9 Å². The van der Waals surface area contributed by atoms with Crippen LogP contribution in [-0.2, 0) is 0 Å². The molecule has 2 N–H and O–H groups in total. The van der Waals surface area contributed by atoms with Crippen LogP contribution in [0.15, 0.2) is 42.6 Å². The Kier molecular flexibility index (Phi) is 4.79. The second-order valence-corrected chi connectivity index (χ2v) is 5.37. The highest BCUT2D eigenvalue weighted by Crippen LogP contribution is 2.39. The van der Waals surface area contributed by atoms with Crippen LogP contribution in [-0.4, -0.2) is 32.2 Å². The number of primary amides is 1. The Morgan fingerprint density at radius 2 is 1.50 bits per heavy atom. The third-order valence-electron chi connectivity index (χ3n) is 3.87. The van der Waals surface area contributed by atoms with Gasteiger partial charge in [0, 0.05) is 23.2 Å². The first-order valence-electron chi connectivity index (χ1n) is 7.73. The summed E-state index contributed by atoms with van der Waals surface area (Å²) in [5.41, 5.74) is 6.33. The van der Waals surface area contributed by atoms with E-state index in [1.165, 1.54) is 13.2 Å². The fourth-order valence-corrected chi connectivity index (χ4v) is 2.56. The van der Waals surface area contributed by atoms with Gasteiger partial charge in [-0.25, -0.2) is 0 Å². The van der Waals surface area contributed by atoms with E-state index in [4.69, 9.17) is 24.7 Å². The summed E-state index contributed by atoms with van der Waals surface area (Å²) >= 11 is 0. The molecule has 1 heterocycles. The van der Waals surface area contributed by atoms with E-state index in [2.05, 4.69) is 4.98 Å². The van der Waals surface area contributed by atoms with E-state index in [-0.39, 0.29) is 0 Å². The lowest BCUT2D eigenvalue weighted by Crippen LogP contribution is -2.10. The average Bonchev–Trinajstić information content (AvgIpc) is 2.67. The number of carbonyl (C=O) groups is 1. The van der Waals surface area contributed by atoms with Crippen molar-refractivity contribution in [2.45, 2.75) is 0 Å². The molecular formula is C19H18N2O5. The van der Waals surface area contributed by atoms with Gasteiger partial charge < -0.3 is 24.7 Å². The Bertz CT molecular complexity index is 972. The number of rotatable bonds is 6. The Hall–Kier alpha value is -3.48. The molecule has 7 heteroatoms. The number of methoxy groups -OCH3 is 3. The van der Waals surface area contributed by atoms with E-state index in [1.54, 1.807) is 50.7 Å². The molecule has 0 aliphatic carbocycles. The standard InChI is InChI=1S/C19H18N2O5/c1-23-16-8-11(19(20)22)4-5-15(16)26-14-6-7-21-13-10-18(25-3)17(24-2)9-12(13)14/h4-10H,1-3H3,(H2,20,22). The number of amides is 1. The molecule has 134 valence electrons. The first kappa shape index (κ1) is 17.3. The number of nitrogens with two attached hydrogens (primary N) is 1. The molecule has 0 saturated heterocycles. The smallest absolute Gasteiger partial charge is 0.248 e. The summed E-state index contributed by atoms with van der Waals surface area (Å²) in [5.74, 6) is 2.00. The Labute approximate surface area is 150 Å². The van der Waals surface area contributed by atoms with Crippen LogP contribution in [0.4, 0.5) is 0 Å². The minimum atomic E-state index is -0.541. The van der Waals surface area contributed by atoms with Gasteiger partial charge >= 0.3 is 0 Å². The highest BCUT2D eigenvalue weighted by atomic mass is 16.5. The zero-order valence-corrected chi connectivity index (χ0v) is 14.6. The van der Waals surface area contributed by atoms with Crippen molar-refractivity contribution in [3.63, 3.8) is 0 Å². The fourth-order valence-electron chi connectivity index (χ4n) is 2.56. The van der Waals surface area contributed by atoms with Crippen molar-refractivity contribution in [2.75, 3.05) is 21.3 Å². The van der Waals surface area contributed by atoms with E-state index in [0.717, 1.165) is 5.39 Å². The van der Waals surface area contributed by atoms with Gasteiger partial charge in [0.25, 0.3) is 0 Å². The van der Waals surface area contributed by atoms with Crippen molar-refractivity contribution in [2.24, 2.45) is 5.73 Å². The molecule has 0 bridgehead atoms. The normalized spacial score (nSPS) is 10.4. The van der Waals surface area contributed by atoms with Gasteiger partial charge in [-0.05, 0) is 30.3 Å². The molecule has 1 amide bonds. The van der Waals surface area contributed by atoms with Gasteiger partial charge in [-0.15, -0.1) is 0 Å². The predicted octanol–water partition coefficient (Wildman–Crippen LogP) is 3.15. The molecule has 2 aromatic carbocycles. The summed E-state index contributed by atoms with van der Waals surface area (Å²) in [7, 11) is 4.62. The lowest BCUT2D eigenvalue weighted by molar-refractivity contribution is 0.1000. The number of hydrogen-bond acceptors (Lipinski definition) is 6. The van der Waals surface area contributed by atoms with Gasteiger partial charge in [-0.3, -0.25) is 9.78 Å². The van der Waals surface area contributed by atoms with Crippen molar-refractivity contribution in [3.05, 3.63) is 48.2 Å². The fraction of sp³-hybridized carbons (Fsp3) is 0.158. The number of hydrogen-bond donors (Lipinski definition) is 1. The van der Waals surface area contributed by atoms with Crippen molar-refractivity contribution < 1.29 is 23.7 Å². The summed E-state index contributed by atoms with van der Waals surface area (Å²) in [4.78, 5) is 15.7. The third kappa shape index (κ3) is 3.19. The van der Waals surface area contributed by atoms with Crippen molar-refractivity contribution in [1.82, 2.24) is 4.98 Å². The summed E-state index contributed by atoms with van der Waals surface area (Å²) in [5, 5.41) is 0.742. The molecule has 1 aromatic heterocycles. The quantitative estimate of drug-likeness (QED) is 0.731. The first-order chi connectivity index (χ1) is 12.6. The summed E-state index contributed by atoms with van der Waals surface area (Å²) < 4.78 is 22.0. The largest absolute Gasteiger partial charge is 0.493 e. The number of carbonyl (C=O) groups excluding carboxylic acids is 1. The number of benzene rings is 2. The number of fused-ring (bicyclic) bond motifs is 1. The molecule has 3 aromatic rings. The third-order valence-corrected chi connectivity index (χ3v) is 3.87. The summed E-state index contributed by atoms with van der Waals surface area (Å²) in [6.07, 6.45) is 1.63. The maximum absolute atomic E-state index is 11.3. The highest BCUT2D eigenvalue weighted by Gasteiger charge is 2.14. The maximum Gasteiger partial charge on any atom is 0.248 e. The highest BCUT2D eigenvalue weighted by molar-refractivity contribution is 5.93. The molecule has 0 spiro atoms. The maximum atomic E-state index is 11.3. The second-order valence-electron chi connectivity index (χ2n) is 5.37. The van der Waals surface area contributed by atoms with Gasteiger partial charge in [-0.2, -0.15) is 0 Å². The van der Waals surface area contributed by atoms with Gasteiger partial charge in [0.1, 0.15) is 5.75 Å². The number of aromatic nitrogens is 1. The summed E-state index contributed by atoms with van der Waals surface area (Å²) in [6, 6.07) is 10.0. The molecule has 0 aliphatic heterocycles. The molecule has 3 rings (SSSR count). The molecule has 7 nitrogen and oxygen atoms in total. The van der Waals surface area contributed by atoms with Crippen LogP contribution in [0.1, 0.15) is 10.4 Å². The Balaban J connectivity index is 2.08. The molecule has 0 unspecified atom stereocenters. The van der Waals surface area contributed by atoms with E-state index in [1.807, 2.05) is 0 Å². The number of ether oxygens (including phenoxy) is 4. The van der Waals surface area contributed by atoms with E-state index >= 15 is 0 Å². The van der Waals surface area contributed by atoms with Crippen LogP contribution in [0.5, 0.6) is 28.7 Å². The Morgan fingerprint density at radius 1 is 0.846 bits per heavy atom. The minimum absolute atomic E-state index is 0.334. The molecule has 0 radical (unpaired) electrons. The van der Waals surface area contributed by atoms with E-state index < -0.39 is 5.91 Å². The lowest BCUT2D eigenvalue weighted by atomic mass is 10.1. The SMILES string of the molecule is COc1cc2nccc(Oc3ccc(C(N)=O)cc3OC)c2cc1OC. The van der Waals surface area contributed by atoms with E-state index in [9.17, 15) is 4.79 Å². The van der Waals surface area contributed by atoms with Gasteiger partial charge in [0.05, 0.1) is 26.8 Å². The second kappa shape index (κ2) is 7.18. The van der Waals surface area contributed by atoms with Gasteiger partial charge in [-0.1, -0.05) is 0 Å². The average molecular weight is 354 g/mol. The van der Waals surface area contributed by atoms with Crippen LogP contribution < -0.4 is 24.7 Å². The number of pyridine rings is 1. The van der Waals surface area contributed by atoms with Crippen molar-refractivity contribution >= 4 is 16.8 Å². The predicted molar refractivity (Wildman–Crippen MR) is 96.4 cm³/mol. The minimum Gasteiger partial charge on any atom is -0.493 e. The van der Waals surface area contributed by atoms with Crippen LogP contribution in [0, 0.1) is 0 Å². The van der Waals surface area contributed by atoms with Crippen molar-refractivity contribution in [1.29, 1.82) is 0 Å². The van der Waals surface area contributed by atoms with Gasteiger partial charge in [0.15, 0.2) is 23.0 Å². The van der Waals surface area contributed by atoms with E-state index in [0.29, 0.717) is 39.8 Å².